The predicted octanol–water partition coefficient (Wildman–Crippen LogP) is 5.18. The molecular weight excluding hydrogens is 344 g/mol. The zero-order valence-corrected chi connectivity index (χ0v) is 14.0. The Kier molecular flexibility index (Phi) is 4.17. The van der Waals surface area contributed by atoms with Crippen LogP contribution in [0.15, 0.2) is 57.9 Å². The summed E-state index contributed by atoms with van der Waals surface area (Å²) in [5.74, 6) is 1.54. The molecule has 0 aliphatic rings. The van der Waals surface area contributed by atoms with E-state index in [-0.39, 0.29) is 0 Å². The van der Waals surface area contributed by atoms with E-state index in [4.69, 9.17) is 5.73 Å². The Morgan fingerprint density at radius 1 is 1.14 bits per heavy atom. The fourth-order valence-corrected chi connectivity index (χ4v) is 3.78. The van der Waals surface area contributed by atoms with Crippen molar-refractivity contribution in [3.63, 3.8) is 0 Å². The second-order valence-corrected chi connectivity index (χ2v) is 6.84. The van der Waals surface area contributed by atoms with Gasteiger partial charge in [0.1, 0.15) is 5.82 Å². The number of halogens is 1. The van der Waals surface area contributed by atoms with Gasteiger partial charge in [-0.05, 0) is 36.2 Å². The molecule has 106 valence electrons. The fourth-order valence-electron chi connectivity index (χ4n) is 2.15. The molecule has 3 rings (SSSR count). The molecule has 2 nitrogen and oxygen atoms in total. The normalized spacial score (nSPS) is 11.0. The zero-order chi connectivity index (χ0) is 14.8. The third-order valence-corrected chi connectivity index (χ3v) is 5.04. The molecule has 0 amide bonds. The van der Waals surface area contributed by atoms with Gasteiger partial charge in [-0.1, -0.05) is 46.3 Å². The highest BCUT2D eigenvalue weighted by atomic mass is 79.9. The molecule has 0 fully saturated rings. The number of nitrogens with two attached hydrogens (primary N) is 1. The molecule has 2 N–H and O–H groups in total. The van der Waals surface area contributed by atoms with Crippen molar-refractivity contribution >= 4 is 44.4 Å². The van der Waals surface area contributed by atoms with E-state index >= 15 is 0 Å². The van der Waals surface area contributed by atoms with Crippen molar-refractivity contribution in [3.8, 4) is 0 Å². The van der Waals surface area contributed by atoms with Crippen LogP contribution in [-0.4, -0.2) is 4.98 Å². The number of nitrogen functional groups attached to an aromatic ring is 1. The molecular formula is C17H15BrN2S. The van der Waals surface area contributed by atoms with Crippen LogP contribution < -0.4 is 5.73 Å². The highest BCUT2D eigenvalue weighted by Crippen LogP contribution is 2.32. The van der Waals surface area contributed by atoms with Gasteiger partial charge in [0, 0.05) is 20.5 Å². The number of aryl methyl sites for hydroxylation is 1. The number of aromatic nitrogens is 1. The molecule has 0 unspecified atom stereocenters. The number of hydrogen-bond donors (Lipinski definition) is 1. The second-order valence-electron chi connectivity index (χ2n) is 4.94. The smallest absolute Gasteiger partial charge is 0.127 e. The Balaban J connectivity index is 1.91. The van der Waals surface area contributed by atoms with E-state index in [1.54, 1.807) is 11.8 Å². The number of hydrogen-bond acceptors (Lipinski definition) is 3. The van der Waals surface area contributed by atoms with Crippen LogP contribution in [0.5, 0.6) is 0 Å². The maximum Gasteiger partial charge on any atom is 0.127 e. The van der Waals surface area contributed by atoms with Gasteiger partial charge in [-0.2, -0.15) is 0 Å². The van der Waals surface area contributed by atoms with Crippen molar-refractivity contribution in [2.45, 2.75) is 17.6 Å². The third-order valence-electron chi connectivity index (χ3n) is 3.34. The first-order valence-corrected chi connectivity index (χ1v) is 8.44. The summed E-state index contributed by atoms with van der Waals surface area (Å²) in [6.45, 7) is 1.98. The quantitative estimate of drug-likeness (QED) is 0.655. The molecule has 21 heavy (non-hydrogen) atoms. The van der Waals surface area contributed by atoms with Crippen LogP contribution in [0.25, 0.3) is 10.9 Å². The van der Waals surface area contributed by atoms with Gasteiger partial charge in [-0.25, -0.2) is 4.98 Å². The van der Waals surface area contributed by atoms with E-state index < -0.39 is 0 Å². The van der Waals surface area contributed by atoms with Crippen molar-refractivity contribution in [3.05, 3.63) is 64.1 Å². The summed E-state index contributed by atoms with van der Waals surface area (Å²) < 4.78 is 1.06. The average Bonchev–Trinajstić information content (AvgIpc) is 2.48. The van der Waals surface area contributed by atoms with Crippen LogP contribution in [0.1, 0.15) is 11.1 Å². The molecule has 0 aliphatic heterocycles. The summed E-state index contributed by atoms with van der Waals surface area (Å²) in [6, 6.07) is 16.8. The van der Waals surface area contributed by atoms with E-state index in [9.17, 15) is 0 Å². The first-order chi connectivity index (χ1) is 10.1. The minimum absolute atomic E-state index is 0.597. The molecule has 3 aromatic rings. The first kappa shape index (κ1) is 14.4. The molecule has 0 bridgehead atoms. The standard InChI is InChI=1S/C17H15BrN2S/c1-11-7-14-15(18)8-13(9-16(14)20-17(11)19)21-10-12-5-3-2-4-6-12/h2-9H,10H2,1H3,(H2,19,20). The monoisotopic (exact) mass is 358 g/mol. The van der Waals surface area contributed by atoms with Crippen molar-refractivity contribution in [2.24, 2.45) is 0 Å². The van der Waals surface area contributed by atoms with Crippen LogP contribution in [0.3, 0.4) is 0 Å². The molecule has 0 aliphatic carbocycles. The number of rotatable bonds is 3. The highest BCUT2D eigenvalue weighted by Gasteiger charge is 2.07. The van der Waals surface area contributed by atoms with E-state index in [2.05, 4.69) is 63.4 Å². The van der Waals surface area contributed by atoms with Crippen molar-refractivity contribution in [1.82, 2.24) is 4.98 Å². The van der Waals surface area contributed by atoms with Crippen molar-refractivity contribution < 1.29 is 0 Å². The zero-order valence-electron chi connectivity index (χ0n) is 11.6. The summed E-state index contributed by atoms with van der Waals surface area (Å²) in [6.07, 6.45) is 0. The van der Waals surface area contributed by atoms with Crippen LogP contribution in [0.2, 0.25) is 0 Å². The molecule has 0 saturated heterocycles. The molecule has 1 aromatic heterocycles. The van der Waals surface area contributed by atoms with E-state index in [1.807, 2.05) is 13.0 Å². The first-order valence-electron chi connectivity index (χ1n) is 6.66. The lowest BCUT2D eigenvalue weighted by Gasteiger charge is -2.08. The molecule has 0 radical (unpaired) electrons. The number of anilines is 1. The Hall–Kier alpha value is -1.52. The molecule has 0 spiro atoms. The van der Waals surface area contributed by atoms with Gasteiger partial charge in [0.05, 0.1) is 5.52 Å². The van der Waals surface area contributed by atoms with Gasteiger partial charge in [0.15, 0.2) is 0 Å². The molecule has 4 heteroatoms. The Morgan fingerprint density at radius 2 is 1.90 bits per heavy atom. The van der Waals surface area contributed by atoms with Crippen molar-refractivity contribution in [1.29, 1.82) is 0 Å². The fraction of sp³-hybridized carbons (Fsp3) is 0.118. The summed E-state index contributed by atoms with van der Waals surface area (Å²) >= 11 is 5.44. The maximum absolute atomic E-state index is 5.92. The van der Waals surface area contributed by atoms with Crippen LogP contribution in [-0.2, 0) is 5.75 Å². The largest absolute Gasteiger partial charge is 0.383 e. The number of thioether (sulfide) groups is 1. The Bertz CT molecular complexity index is 788. The average molecular weight is 359 g/mol. The summed E-state index contributed by atoms with van der Waals surface area (Å²) in [7, 11) is 0. The molecule has 1 heterocycles. The maximum atomic E-state index is 5.92. The Morgan fingerprint density at radius 3 is 2.67 bits per heavy atom. The number of pyridine rings is 1. The summed E-state index contributed by atoms with van der Waals surface area (Å²) in [4.78, 5) is 5.67. The summed E-state index contributed by atoms with van der Waals surface area (Å²) in [5, 5.41) is 1.10. The van der Waals surface area contributed by atoms with Gasteiger partial charge in [0.25, 0.3) is 0 Å². The Labute approximate surface area is 136 Å². The number of benzene rings is 2. The van der Waals surface area contributed by atoms with Crippen LogP contribution in [0.4, 0.5) is 5.82 Å². The topological polar surface area (TPSA) is 38.9 Å². The molecule has 2 aromatic carbocycles. The van der Waals surface area contributed by atoms with E-state index in [1.165, 1.54) is 10.5 Å². The minimum Gasteiger partial charge on any atom is -0.383 e. The summed E-state index contributed by atoms with van der Waals surface area (Å²) in [5.41, 5.74) is 9.17. The van der Waals surface area contributed by atoms with Crippen LogP contribution >= 0.6 is 27.7 Å². The lowest BCUT2D eigenvalue weighted by atomic mass is 10.1. The van der Waals surface area contributed by atoms with E-state index in [0.29, 0.717) is 5.82 Å². The van der Waals surface area contributed by atoms with Crippen molar-refractivity contribution in [2.75, 3.05) is 5.73 Å². The second kappa shape index (κ2) is 6.08. The number of nitrogens with zero attached hydrogens (tertiary/aromatic N) is 1. The SMILES string of the molecule is Cc1cc2c(Br)cc(SCc3ccccc3)cc2nc1N. The van der Waals surface area contributed by atoms with Gasteiger partial charge in [-0.15, -0.1) is 11.8 Å². The van der Waals surface area contributed by atoms with Gasteiger partial charge >= 0.3 is 0 Å². The highest BCUT2D eigenvalue weighted by molar-refractivity contribution is 9.10. The van der Waals surface area contributed by atoms with Gasteiger partial charge in [-0.3, -0.25) is 0 Å². The predicted molar refractivity (Wildman–Crippen MR) is 94.6 cm³/mol. The number of fused-ring (bicyclic) bond motifs is 1. The lowest BCUT2D eigenvalue weighted by molar-refractivity contribution is 1.31. The van der Waals surface area contributed by atoms with Gasteiger partial charge < -0.3 is 5.73 Å². The third kappa shape index (κ3) is 3.22. The van der Waals surface area contributed by atoms with Crippen LogP contribution in [0, 0.1) is 6.92 Å². The molecule has 0 atom stereocenters. The molecule has 0 saturated carbocycles. The van der Waals surface area contributed by atoms with E-state index in [0.717, 1.165) is 26.7 Å². The lowest BCUT2D eigenvalue weighted by Crippen LogP contribution is -1.95. The van der Waals surface area contributed by atoms with Gasteiger partial charge in [0.2, 0.25) is 0 Å². The minimum atomic E-state index is 0.597.